The van der Waals surface area contributed by atoms with Crippen LogP contribution in [0.5, 0.6) is 5.75 Å². The molecule has 0 bridgehead atoms. The van der Waals surface area contributed by atoms with E-state index in [4.69, 9.17) is 4.74 Å². The summed E-state index contributed by atoms with van der Waals surface area (Å²) in [6.07, 6.45) is 2.70. The topological polar surface area (TPSA) is 69.4 Å². The van der Waals surface area contributed by atoms with E-state index in [0.29, 0.717) is 11.1 Å². The average molecular weight is 315 g/mol. The Morgan fingerprint density at radius 3 is 2.61 bits per heavy atom. The smallest absolute Gasteiger partial charge is 0.272 e. The molecule has 0 radical (unpaired) electrons. The minimum absolute atomic E-state index is 0.0184. The predicted molar refractivity (Wildman–Crippen MR) is 84.1 cm³/mol. The zero-order valence-electron chi connectivity index (χ0n) is 12.6. The molecule has 0 spiro atoms. The molecule has 2 aromatic rings. The first-order chi connectivity index (χ1) is 10.9. The van der Waals surface area contributed by atoms with Gasteiger partial charge in [0.2, 0.25) is 0 Å². The van der Waals surface area contributed by atoms with Crippen molar-refractivity contribution >= 4 is 17.5 Å². The molecule has 2 aromatic carbocycles. The van der Waals surface area contributed by atoms with Gasteiger partial charge in [-0.1, -0.05) is 18.2 Å². The van der Waals surface area contributed by atoms with Crippen molar-refractivity contribution in [2.75, 3.05) is 7.11 Å². The molecule has 0 saturated carbocycles. The largest absolute Gasteiger partial charge is 0.494 e. The molecule has 0 saturated heterocycles. The predicted octanol–water partition coefficient (Wildman–Crippen LogP) is 3.95. The number of hydrogen-bond acceptors (Lipinski definition) is 4. The molecule has 23 heavy (non-hydrogen) atoms. The van der Waals surface area contributed by atoms with Crippen LogP contribution in [0.15, 0.2) is 42.5 Å². The van der Waals surface area contributed by atoms with Crippen LogP contribution in [0, 0.1) is 22.9 Å². The van der Waals surface area contributed by atoms with Crippen LogP contribution in [-0.2, 0) is 0 Å². The second kappa shape index (κ2) is 6.83. The molecule has 0 aliphatic rings. The third-order valence-electron chi connectivity index (χ3n) is 3.29. The number of allylic oxidation sites excluding steroid dienone is 1. The van der Waals surface area contributed by atoms with Gasteiger partial charge < -0.3 is 4.74 Å². The fourth-order valence-electron chi connectivity index (χ4n) is 2.01. The van der Waals surface area contributed by atoms with Crippen molar-refractivity contribution in [1.29, 1.82) is 0 Å². The molecule has 0 fully saturated rings. The number of ether oxygens (including phenoxy) is 1. The number of halogens is 1. The van der Waals surface area contributed by atoms with E-state index in [2.05, 4.69) is 0 Å². The third kappa shape index (κ3) is 3.79. The van der Waals surface area contributed by atoms with E-state index in [9.17, 15) is 19.3 Å². The lowest BCUT2D eigenvalue weighted by Crippen LogP contribution is -1.97. The third-order valence-corrected chi connectivity index (χ3v) is 3.29. The lowest BCUT2D eigenvalue weighted by Gasteiger charge is -2.02. The highest BCUT2D eigenvalue weighted by molar-refractivity contribution is 6.06. The number of nitro groups is 1. The van der Waals surface area contributed by atoms with Gasteiger partial charge in [0.15, 0.2) is 17.3 Å². The van der Waals surface area contributed by atoms with Crippen molar-refractivity contribution in [2.45, 2.75) is 6.92 Å². The fourth-order valence-corrected chi connectivity index (χ4v) is 2.01. The maximum absolute atomic E-state index is 13.6. The molecule has 0 aliphatic heterocycles. The SMILES string of the molecule is COc1ccc(C(=O)/C=C/c2ccc(C)c([N+](=O)[O-])c2)cc1F. The summed E-state index contributed by atoms with van der Waals surface area (Å²) in [6, 6.07) is 8.56. The summed E-state index contributed by atoms with van der Waals surface area (Å²) >= 11 is 0. The minimum atomic E-state index is -0.627. The van der Waals surface area contributed by atoms with E-state index in [1.54, 1.807) is 19.1 Å². The van der Waals surface area contributed by atoms with Gasteiger partial charge in [0, 0.05) is 17.2 Å². The van der Waals surface area contributed by atoms with Gasteiger partial charge >= 0.3 is 0 Å². The average Bonchev–Trinajstić information content (AvgIpc) is 2.53. The van der Waals surface area contributed by atoms with Gasteiger partial charge in [-0.25, -0.2) is 4.39 Å². The summed E-state index contributed by atoms with van der Waals surface area (Å²) in [7, 11) is 1.34. The van der Waals surface area contributed by atoms with Crippen LogP contribution < -0.4 is 4.74 Å². The highest BCUT2D eigenvalue weighted by atomic mass is 19.1. The Balaban J connectivity index is 2.23. The summed E-state index contributed by atoms with van der Waals surface area (Å²) in [4.78, 5) is 22.4. The summed E-state index contributed by atoms with van der Waals surface area (Å²) in [6.45, 7) is 1.64. The molecule has 118 valence electrons. The molecule has 6 heteroatoms. The van der Waals surface area contributed by atoms with Crippen LogP contribution in [0.2, 0.25) is 0 Å². The van der Waals surface area contributed by atoms with E-state index in [1.807, 2.05) is 0 Å². The molecule has 5 nitrogen and oxygen atoms in total. The maximum atomic E-state index is 13.6. The van der Waals surface area contributed by atoms with Crippen molar-refractivity contribution in [1.82, 2.24) is 0 Å². The monoisotopic (exact) mass is 315 g/mol. The first-order valence-electron chi connectivity index (χ1n) is 6.73. The highest BCUT2D eigenvalue weighted by Crippen LogP contribution is 2.21. The summed E-state index contributed by atoms with van der Waals surface area (Å²) < 4.78 is 18.4. The zero-order chi connectivity index (χ0) is 17.0. The van der Waals surface area contributed by atoms with E-state index >= 15 is 0 Å². The molecule has 0 heterocycles. The number of methoxy groups -OCH3 is 1. The minimum Gasteiger partial charge on any atom is -0.494 e. The van der Waals surface area contributed by atoms with Gasteiger partial charge in [-0.15, -0.1) is 0 Å². The van der Waals surface area contributed by atoms with Crippen LogP contribution in [0.3, 0.4) is 0 Å². The summed E-state index contributed by atoms with van der Waals surface area (Å²) in [5.74, 6) is -0.979. The molecule has 2 rings (SSSR count). The Bertz CT molecular complexity index is 799. The molecule has 0 aliphatic carbocycles. The zero-order valence-corrected chi connectivity index (χ0v) is 12.6. The van der Waals surface area contributed by atoms with Crippen molar-refractivity contribution < 1.29 is 18.8 Å². The van der Waals surface area contributed by atoms with Gasteiger partial charge in [0.1, 0.15) is 0 Å². The van der Waals surface area contributed by atoms with Gasteiger partial charge in [-0.3, -0.25) is 14.9 Å². The van der Waals surface area contributed by atoms with Crippen LogP contribution in [0.4, 0.5) is 10.1 Å². The molecule has 0 N–H and O–H groups in total. The summed E-state index contributed by atoms with van der Waals surface area (Å²) in [5, 5.41) is 10.9. The number of carbonyl (C=O) groups excluding carboxylic acids is 1. The van der Waals surface area contributed by atoms with Crippen molar-refractivity contribution in [2.24, 2.45) is 0 Å². The molecule has 0 atom stereocenters. The first-order valence-corrected chi connectivity index (χ1v) is 6.73. The Hall–Kier alpha value is -3.02. The second-order valence-corrected chi connectivity index (χ2v) is 4.85. The first kappa shape index (κ1) is 16.4. The molecule has 0 amide bonds. The maximum Gasteiger partial charge on any atom is 0.272 e. The van der Waals surface area contributed by atoms with E-state index in [0.717, 1.165) is 6.07 Å². The Labute approximate surface area is 132 Å². The van der Waals surface area contributed by atoms with Crippen LogP contribution in [-0.4, -0.2) is 17.8 Å². The lowest BCUT2D eigenvalue weighted by molar-refractivity contribution is -0.385. The molecular formula is C17H14FNO4. The van der Waals surface area contributed by atoms with Crippen molar-refractivity contribution in [3.05, 3.63) is 75.1 Å². The molecule has 0 unspecified atom stereocenters. The summed E-state index contributed by atoms with van der Waals surface area (Å²) in [5.41, 5.74) is 1.21. The second-order valence-electron chi connectivity index (χ2n) is 4.85. The van der Waals surface area contributed by atoms with E-state index in [-0.39, 0.29) is 17.0 Å². The number of nitro benzene ring substituents is 1. The number of benzene rings is 2. The Kier molecular flexibility index (Phi) is 4.85. The fraction of sp³-hybridized carbons (Fsp3) is 0.118. The van der Waals surface area contributed by atoms with Gasteiger partial charge in [0.25, 0.3) is 5.69 Å². The van der Waals surface area contributed by atoms with Gasteiger partial charge in [-0.2, -0.15) is 0 Å². The Morgan fingerprint density at radius 1 is 1.26 bits per heavy atom. The van der Waals surface area contributed by atoms with Crippen LogP contribution in [0.1, 0.15) is 21.5 Å². The quantitative estimate of drug-likeness (QED) is 0.362. The lowest BCUT2D eigenvalue weighted by atomic mass is 10.1. The number of nitrogens with zero attached hydrogens (tertiary/aromatic N) is 1. The van der Waals surface area contributed by atoms with E-state index in [1.165, 1.54) is 37.5 Å². The van der Waals surface area contributed by atoms with Crippen molar-refractivity contribution in [3.8, 4) is 5.75 Å². The van der Waals surface area contributed by atoms with Crippen molar-refractivity contribution in [3.63, 3.8) is 0 Å². The number of aryl methyl sites for hydroxylation is 1. The molecule has 0 aromatic heterocycles. The highest BCUT2D eigenvalue weighted by Gasteiger charge is 2.11. The van der Waals surface area contributed by atoms with Crippen LogP contribution >= 0.6 is 0 Å². The number of ketones is 1. The number of hydrogen-bond donors (Lipinski definition) is 0. The standard InChI is InChI=1S/C17H14FNO4/c1-11-3-4-12(9-15(11)19(21)22)5-7-16(20)13-6-8-17(23-2)14(18)10-13/h3-10H,1-2H3/b7-5+. The van der Waals surface area contributed by atoms with Crippen LogP contribution in [0.25, 0.3) is 6.08 Å². The van der Waals surface area contributed by atoms with Gasteiger partial charge in [0.05, 0.1) is 12.0 Å². The van der Waals surface area contributed by atoms with Gasteiger partial charge in [-0.05, 0) is 36.8 Å². The van der Waals surface area contributed by atoms with E-state index < -0.39 is 16.5 Å². The Morgan fingerprint density at radius 2 is 2.00 bits per heavy atom. The number of rotatable bonds is 5. The molecular weight excluding hydrogens is 301 g/mol. The normalized spacial score (nSPS) is 10.7. The number of carbonyl (C=O) groups is 1.